The number of ether oxygens (including phenoxy) is 1. The molecule has 0 aromatic carbocycles. The summed E-state index contributed by atoms with van der Waals surface area (Å²) in [6.07, 6.45) is 0.748. The Morgan fingerprint density at radius 1 is 1.30 bits per heavy atom. The van der Waals surface area contributed by atoms with Gasteiger partial charge in [-0.3, -0.25) is 0 Å². The van der Waals surface area contributed by atoms with Crippen LogP contribution in [0.4, 0.5) is 0 Å². The van der Waals surface area contributed by atoms with Crippen LogP contribution in [-0.2, 0) is 4.74 Å². The van der Waals surface area contributed by atoms with Gasteiger partial charge in [0.15, 0.2) is 6.29 Å². The average molecular weight is 144 g/mol. The van der Waals surface area contributed by atoms with E-state index in [4.69, 9.17) is 4.74 Å². The van der Waals surface area contributed by atoms with Crippen LogP contribution in [0.15, 0.2) is 0 Å². The highest BCUT2D eigenvalue weighted by Gasteiger charge is 2.29. The van der Waals surface area contributed by atoms with Crippen molar-refractivity contribution in [1.29, 1.82) is 0 Å². The Bertz CT molecular complexity index is 102. The van der Waals surface area contributed by atoms with Gasteiger partial charge in [0, 0.05) is 5.92 Å². The molecule has 4 atom stereocenters. The molecule has 3 unspecified atom stereocenters. The molecule has 1 N–H and O–H groups in total. The Morgan fingerprint density at radius 2 is 1.90 bits per heavy atom. The molecule has 1 rings (SSSR count). The summed E-state index contributed by atoms with van der Waals surface area (Å²) in [6.45, 7) is 6.19. The minimum Gasteiger partial charge on any atom is -0.368 e. The van der Waals surface area contributed by atoms with E-state index in [9.17, 15) is 5.11 Å². The van der Waals surface area contributed by atoms with Crippen molar-refractivity contribution in [3.63, 3.8) is 0 Å². The van der Waals surface area contributed by atoms with Crippen LogP contribution in [-0.4, -0.2) is 17.5 Å². The molecule has 1 heterocycles. The van der Waals surface area contributed by atoms with E-state index in [1.807, 2.05) is 13.8 Å². The molecule has 1 aliphatic rings. The second kappa shape index (κ2) is 2.89. The number of hydrogen-bond acceptors (Lipinski definition) is 2. The first-order valence-electron chi connectivity index (χ1n) is 3.94. The van der Waals surface area contributed by atoms with Gasteiger partial charge < -0.3 is 9.84 Å². The Morgan fingerprint density at radius 3 is 2.40 bits per heavy atom. The van der Waals surface area contributed by atoms with Gasteiger partial charge in [-0.25, -0.2) is 0 Å². The van der Waals surface area contributed by atoms with Crippen LogP contribution < -0.4 is 0 Å². The van der Waals surface area contributed by atoms with Crippen molar-refractivity contribution in [2.75, 3.05) is 0 Å². The maximum absolute atomic E-state index is 9.30. The average Bonchev–Trinajstić information content (AvgIpc) is 1.82. The predicted molar refractivity (Wildman–Crippen MR) is 39.5 cm³/mol. The Balaban J connectivity index is 2.49. The molecule has 2 nitrogen and oxygen atoms in total. The van der Waals surface area contributed by atoms with Crippen molar-refractivity contribution in [3.05, 3.63) is 0 Å². The van der Waals surface area contributed by atoms with Gasteiger partial charge in [0.2, 0.25) is 0 Å². The van der Waals surface area contributed by atoms with Crippen LogP contribution in [0.2, 0.25) is 0 Å². The molecular formula is C8H16O2. The molecule has 0 aromatic rings. The van der Waals surface area contributed by atoms with Gasteiger partial charge in [0.25, 0.3) is 0 Å². The molecule has 1 aliphatic heterocycles. The molecule has 0 bridgehead atoms. The highest BCUT2D eigenvalue weighted by atomic mass is 16.6. The van der Waals surface area contributed by atoms with Crippen LogP contribution >= 0.6 is 0 Å². The molecule has 0 saturated carbocycles. The van der Waals surface area contributed by atoms with Crippen molar-refractivity contribution in [2.45, 2.75) is 39.6 Å². The summed E-state index contributed by atoms with van der Waals surface area (Å²) in [4.78, 5) is 0. The van der Waals surface area contributed by atoms with Crippen LogP contribution in [0.5, 0.6) is 0 Å². The zero-order valence-corrected chi connectivity index (χ0v) is 6.87. The molecule has 2 heteroatoms. The number of hydrogen-bond donors (Lipinski definition) is 1. The second-order valence-corrected chi connectivity index (χ2v) is 3.41. The molecule has 1 saturated heterocycles. The van der Waals surface area contributed by atoms with E-state index in [-0.39, 0.29) is 12.0 Å². The molecule has 0 amide bonds. The maximum Gasteiger partial charge on any atom is 0.157 e. The lowest BCUT2D eigenvalue weighted by Gasteiger charge is -2.34. The Labute approximate surface area is 62.2 Å². The summed E-state index contributed by atoms with van der Waals surface area (Å²) in [5.74, 6) is 0.870. The predicted octanol–water partition coefficient (Wildman–Crippen LogP) is 1.39. The van der Waals surface area contributed by atoms with Gasteiger partial charge in [0.1, 0.15) is 0 Å². The third-order valence-corrected chi connectivity index (χ3v) is 2.42. The molecule has 0 aromatic heterocycles. The van der Waals surface area contributed by atoms with E-state index < -0.39 is 6.29 Å². The van der Waals surface area contributed by atoms with E-state index in [0.29, 0.717) is 5.92 Å². The molecule has 60 valence electrons. The largest absolute Gasteiger partial charge is 0.368 e. The SMILES string of the molecule is CC1C[C@H](C)C(C)C(O)O1. The minimum absolute atomic E-state index is 0.223. The monoisotopic (exact) mass is 144 g/mol. The van der Waals surface area contributed by atoms with Crippen LogP contribution in [0.3, 0.4) is 0 Å². The minimum atomic E-state index is -0.543. The summed E-state index contributed by atoms with van der Waals surface area (Å²) < 4.78 is 5.22. The molecule has 0 aliphatic carbocycles. The first kappa shape index (κ1) is 8.02. The summed E-state index contributed by atoms with van der Waals surface area (Å²) in [5.41, 5.74) is 0. The van der Waals surface area contributed by atoms with Gasteiger partial charge in [-0.15, -0.1) is 0 Å². The van der Waals surface area contributed by atoms with Crippen molar-refractivity contribution in [1.82, 2.24) is 0 Å². The van der Waals surface area contributed by atoms with Gasteiger partial charge in [0.05, 0.1) is 6.10 Å². The zero-order valence-electron chi connectivity index (χ0n) is 6.87. The molecule has 1 fully saturated rings. The topological polar surface area (TPSA) is 29.5 Å². The summed E-state index contributed by atoms with van der Waals surface area (Å²) >= 11 is 0. The van der Waals surface area contributed by atoms with E-state index in [0.717, 1.165) is 6.42 Å². The van der Waals surface area contributed by atoms with Gasteiger partial charge >= 0.3 is 0 Å². The lowest BCUT2D eigenvalue weighted by Crippen LogP contribution is -2.37. The number of aliphatic hydroxyl groups excluding tert-OH is 1. The van der Waals surface area contributed by atoms with E-state index in [1.165, 1.54) is 0 Å². The summed E-state index contributed by atoms with van der Waals surface area (Å²) in [6, 6.07) is 0. The Hall–Kier alpha value is -0.0800. The standard InChI is InChI=1S/C8H16O2/c1-5-4-6(2)10-8(9)7(5)3/h5-9H,4H2,1-3H3/t5-,6?,7?,8?/m0/s1. The Kier molecular flexibility index (Phi) is 2.32. The molecule has 0 radical (unpaired) electrons. The van der Waals surface area contributed by atoms with Gasteiger partial charge in [-0.2, -0.15) is 0 Å². The first-order chi connectivity index (χ1) is 4.61. The second-order valence-electron chi connectivity index (χ2n) is 3.41. The fraction of sp³-hybridized carbons (Fsp3) is 1.00. The zero-order chi connectivity index (χ0) is 7.72. The van der Waals surface area contributed by atoms with Crippen LogP contribution in [0, 0.1) is 11.8 Å². The fourth-order valence-corrected chi connectivity index (χ4v) is 1.44. The lowest BCUT2D eigenvalue weighted by atomic mass is 9.88. The fourth-order valence-electron chi connectivity index (χ4n) is 1.44. The van der Waals surface area contributed by atoms with Crippen LogP contribution in [0.1, 0.15) is 27.2 Å². The van der Waals surface area contributed by atoms with Crippen LogP contribution in [0.25, 0.3) is 0 Å². The number of aliphatic hydroxyl groups is 1. The molecular weight excluding hydrogens is 128 g/mol. The first-order valence-corrected chi connectivity index (χ1v) is 3.94. The van der Waals surface area contributed by atoms with Crippen molar-refractivity contribution in [2.24, 2.45) is 11.8 Å². The third-order valence-electron chi connectivity index (χ3n) is 2.42. The van der Waals surface area contributed by atoms with E-state index in [2.05, 4.69) is 6.92 Å². The highest BCUT2D eigenvalue weighted by Crippen LogP contribution is 2.28. The van der Waals surface area contributed by atoms with Crippen molar-refractivity contribution in [3.8, 4) is 0 Å². The lowest BCUT2D eigenvalue weighted by molar-refractivity contribution is -0.199. The molecule has 0 spiro atoms. The van der Waals surface area contributed by atoms with Gasteiger partial charge in [-0.05, 0) is 19.3 Å². The summed E-state index contributed by atoms with van der Waals surface area (Å²) in [7, 11) is 0. The third kappa shape index (κ3) is 1.50. The smallest absolute Gasteiger partial charge is 0.157 e. The normalized spacial score (nSPS) is 49.2. The highest BCUT2D eigenvalue weighted by molar-refractivity contribution is 4.73. The van der Waals surface area contributed by atoms with Gasteiger partial charge in [-0.1, -0.05) is 13.8 Å². The summed E-state index contributed by atoms with van der Waals surface area (Å²) in [5, 5.41) is 9.30. The van der Waals surface area contributed by atoms with E-state index >= 15 is 0 Å². The van der Waals surface area contributed by atoms with Crippen molar-refractivity contribution >= 4 is 0 Å². The molecule has 10 heavy (non-hydrogen) atoms. The quantitative estimate of drug-likeness (QED) is 0.556. The maximum atomic E-state index is 9.30. The van der Waals surface area contributed by atoms with E-state index in [1.54, 1.807) is 0 Å². The van der Waals surface area contributed by atoms with Crippen molar-refractivity contribution < 1.29 is 9.84 Å². The number of rotatable bonds is 0.